The van der Waals surface area contributed by atoms with E-state index in [2.05, 4.69) is 20.4 Å². The Labute approximate surface area is 169 Å². The number of aromatic nitrogens is 6. The zero-order valence-electron chi connectivity index (χ0n) is 15.7. The average molecular weight is 404 g/mol. The molecule has 0 saturated heterocycles. The van der Waals surface area contributed by atoms with Gasteiger partial charge in [-0.3, -0.25) is 5.10 Å². The molecule has 0 spiro atoms. The second kappa shape index (κ2) is 7.02. The molecule has 9 heteroatoms. The topological polar surface area (TPSA) is 90.2 Å². The highest BCUT2D eigenvalue weighted by Crippen LogP contribution is 2.32. The third-order valence-corrected chi connectivity index (χ3v) is 5.46. The van der Waals surface area contributed by atoms with Gasteiger partial charge in [0.05, 0.1) is 31.2 Å². The van der Waals surface area contributed by atoms with E-state index in [1.54, 1.807) is 18.7 Å². The number of nitrogens with zero attached hydrogens (tertiary/aromatic N) is 5. The van der Waals surface area contributed by atoms with Gasteiger partial charge in [-0.15, -0.1) is 10.2 Å². The van der Waals surface area contributed by atoms with Crippen molar-refractivity contribution >= 4 is 16.3 Å². The van der Waals surface area contributed by atoms with Crippen LogP contribution in [0, 0.1) is 0 Å². The molecule has 3 aromatic heterocycles. The molecule has 144 valence electrons. The van der Waals surface area contributed by atoms with Gasteiger partial charge >= 0.3 is 0 Å². The van der Waals surface area contributed by atoms with Crippen molar-refractivity contribution < 1.29 is 9.47 Å². The molecule has 0 saturated carbocycles. The lowest BCUT2D eigenvalue weighted by Crippen LogP contribution is -1.94. The zero-order chi connectivity index (χ0) is 19.8. The van der Waals surface area contributed by atoms with E-state index in [9.17, 15) is 0 Å². The standard InChI is InChI=1S/C20H16N6O2S/c1-27-13-9-7-12(8-10-13)15-11-16(22-21-15)19-25-26-18(23-24-20(26)29-19)14-5-3-4-6-17(14)28-2/h3-11H,1-2H3,(H,21,22). The third kappa shape index (κ3) is 3.01. The number of fused-ring (bicyclic) bond motifs is 1. The van der Waals surface area contributed by atoms with Gasteiger partial charge in [-0.05, 0) is 42.5 Å². The van der Waals surface area contributed by atoms with Crippen molar-refractivity contribution in [1.82, 2.24) is 30.0 Å². The van der Waals surface area contributed by atoms with Crippen molar-refractivity contribution in [1.29, 1.82) is 0 Å². The van der Waals surface area contributed by atoms with Crippen LogP contribution >= 0.6 is 11.3 Å². The van der Waals surface area contributed by atoms with Gasteiger partial charge in [-0.1, -0.05) is 23.5 Å². The fourth-order valence-electron chi connectivity index (χ4n) is 3.06. The molecule has 0 atom stereocenters. The van der Waals surface area contributed by atoms with Gasteiger partial charge in [0.15, 0.2) is 10.8 Å². The number of rotatable bonds is 5. The second-order valence-corrected chi connectivity index (χ2v) is 7.18. The van der Waals surface area contributed by atoms with Crippen molar-refractivity contribution in [2.45, 2.75) is 0 Å². The summed E-state index contributed by atoms with van der Waals surface area (Å²) in [5.74, 6) is 2.16. The highest BCUT2D eigenvalue weighted by atomic mass is 32.1. The second-order valence-electron chi connectivity index (χ2n) is 6.22. The molecule has 0 aliphatic carbocycles. The summed E-state index contributed by atoms with van der Waals surface area (Å²) in [7, 11) is 3.28. The Hall–Kier alpha value is -3.72. The third-order valence-electron chi connectivity index (χ3n) is 4.53. The molecule has 0 aliphatic heterocycles. The average Bonchev–Trinajstić information content (AvgIpc) is 3.49. The first-order valence-corrected chi connectivity index (χ1v) is 9.64. The number of aromatic amines is 1. The minimum Gasteiger partial charge on any atom is -0.497 e. The number of ether oxygens (including phenoxy) is 2. The molecule has 8 nitrogen and oxygen atoms in total. The van der Waals surface area contributed by atoms with E-state index in [1.807, 2.05) is 54.6 Å². The molecule has 3 heterocycles. The number of H-pyrrole nitrogens is 1. The summed E-state index contributed by atoms with van der Waals surface area (Å²) >= 11 is 1.44. The quantitative estimate of drug-likeness (QED) is 0.477. The summed E-state index contributed by atoms with van der Waals surface area (Å²) < 4.78 is 12.4. The van der Waals surface area contributed by atoms with Crippen molar-refractivity contribution in [3.63, 3.8) is 0 Å². The van der Waals surface area contributed by atoms with Gasteiger partial charge in [-0.2, -0.15) is 14.7 Å². The van der Waals surface area contributed by atoms with E-state index in [-0.39, 0.29) is 0 Å². The van der Waals surface area contributed by atoms with E-state index in [0.717, 1.165) is 39.0 Å². The normalized spacial score (nSPS) is 11.1. The van der Waals surface area contributed by atoms with Gasteiger partial charge in [-0.25, -0.2) is 0 Å². The van der Waals surface area contributed by atoms with E-state index >= 15 is 0 Å². The Morgan fingerprint density at radius 3 is 2.59 bits per heavy atom. The van der Waals surface area contributed by atoms with Crippen LogP contribution in [0.4, 0.5) is 0 Å². The van der Waals surface area contributed by atoms with Gasteiger partial charge in [0.25, 0.3) is 0 Å². The van der Waals surface area contributed by atoms with Crippen LogP contribution in [0.1, 0.15) is 0 Å². The minimum absolute atomic E-state index is 0.634. The van der Waals surface area contributed by atoms with Gasteiger partial charge in [0, 0.05) is 5.56 Å². The lowest BCUT2D eigenvalue weighted by Gasteiger charge is -2.04. The maximum Gasteiger partial charge on any atom is 0.235 e. The molecule has 0 aliphatic rings. The van der Waals surface area contributed by atoms with Gasteiger partial charge in [0.2, 0.25) is 4.96 Å². The molecule has 0 fully saturated rings. The lowest BCUT2D eigenvalue weighted by molar-refractivity contribution is 0.415. The maximum absolute atomic E-state index is 5.45. The zero-order valence-corrected chi connectivity index (χ0v) is 16.5. The molecular formula is C20H16N6O2S. The predicted octanol–water partition coefficient (Wildman–Crippen LogP) is 3.93. The molecule has 29 heavy (non-hydrogen) atoms. The van der Waals surface area contributed by atoms with Crippen LogP contribution in [0.15, 0.2) is 54.6 Å². The SMILES string of the molecule is COc1ccc(-c2cc(-c3nn4c(-c5ccccc5OC)nnc4s3)[nH]n2)cc1. The van der Waals surface area contributed by atoms with E-state index in [0.29, 0.717) is 10.8 Å². The maximum atomic E-state index is 5.45. The number of para-hydroxylation sites is 1. The molecule has 1 N–H and O–H groups in total. The Kier molecular flexibility index (Phi) is 4.21. The Morgan fingerprint density at radius 1 is 0.966 bits per heavy atom. The Bertz CT molecular complexity index is 1290. The molecule has 0 unspecified atom stereocenters. The van der Waals surface area contributed by atoms with Crippen LogP contribution in [0.2, 0.25) is 0 Å². The first-order valence-electron chi connectivity index (χ1n) is 8.82. The van der Waals surface area contributed by atoms with Crippen molar-refractivity contribution in [2.24, 2.45) is 0 Å². The van der Waals surface area contributed by atoms with Crippen molar-refractivity contribution in [3.05, 3.63) is 54.6 Å². The molecule has 0 amide bonds. The molecule has 5 rings (SSSR count). The minimum atomic E-state index is 0.634. The molecule has 2 aromatic carbocycles. The summed E-state index contributed by atoms with van der Waals surface area (Å²) in [5, 5.41) is 21.5. The van der Waals surface area contributed by atoms with Crippen molar-refractivity contribution in [3.8, 4) is 44.8 Å². The summed E-state index contributed by atoms with van der Waals surface area (Å²) in [5.41, 5.74) is 3.48. The largest absolute Gasteiger partial charge is 0.497 e. The fraction of sp³-hybridized carbons (Fsp3) is 0.100. The summed E-state index contributed by atoms with van der Waals surface area (Å²) in [6.45, 7) is 0. The van der Waals surface area contributed by atoms with Gasteiger partial charge < -0.3 is 9.47 Å². The molecule has 5 aromatic rings. The molecule has 0 bridgehead atoms. The molecular weight excluding hydrogens is 388 g/mol. The van der Waals surface area contributed by atoms with Crippen LogP contribution < -0.4 is 9.47 Å². The van der Waals surface area contributed by atoms with Crippen molar-refractivity contribution in [2.75, 3.05) is 14.2 Å². The smallest absolute Gasteiger partial charge is 0.235 e. The van der Waals surface area contributed by atoms with Crippen LogP contribution in [-0.2, 0) is 0 Å². The fourth-order valence-corrected chi connectivity index (χ4v) is 3.87. The van der Waals surface area contributed by atoms with Crippen LogP contribution in [0.25, 0.3) is 38.3 Å². The number of nitrogens with one attached hydrogen (secondary N) is 1. The Morgan fingerprint density at radius 2 is 1.79 bits per heavy atom. The first-order chi connectivity index (χ1) is 14.3. The first kappa shape index (κ1) is 17.4. The highest BCUT2D eigenvalue weighted by molar-refractivity contribution is 7.19. The summed E-state index contributed by atoms with van der Waals surface area (Å²) in [4.78, 5) is 0.696. The Balaban J connectivity index is 1.52. The number of benzene rings is 2. The monoisotopic (exact) mass is 404 g/mol. The highest BCUT2D eigenvalue weighted by Gasteiger charge is 2.18. The predicted molar refractivity (Wildman–Crippen MR) is 110 cm³/mol. The number of methoxy groups -OCH3 is 2. The van der Waals surface area contributed by atoms with Gasteiger partial charge in [0.1, 0.15) is 11.5 Å². The van der Waals surface area contributed by atoms with E-state index in [4.69, 9.17) is 14.6 Å². The summed E-state index contributed by atoms with van der Waals surface area (Å²) in [6, 6.07) is 17.4. The van der Waals surface area contributed by atoms with E-state index < -0.39 is 0 Å². The van der Waals surface area contributed by atoms with Crippen LogP contribution in [-0.4, -0.2) is 44.2 Å². The number of hydrogen-bond donors (Lipinski definition) is 1. The van der Waals surface area contributed by atoms with Crippen LogP contribution in [0.3, 0.4) is 0 Å². The summed E-state index contributed by atoms with van der Waals surface area (Å²) in [6.07, 6.45) is 0. The number of hydrogen-bond acceptors (Lipinski definition) is 7. The van der Waals surface area contributed by atoms with E-state index in [1.165, 1.54) is 11.3 Å². The van der Waals surface area contributed by atoms with Crippen LogP contribution in [0.5, 0.6) is 11.5 Å². The molecule has 0 radical (unpaired) electrons. The lowest BCUT2D eigenvalue weighted by atomic mass is 10.1.